The summed E-state index contributed by atoms with van der Waals surface area (Å²) in [5, 5.41) is 20.2. The zero-order chi connectivity index (χ0) is 24.8. The molecular weight excluding hydrogens is 499 g/mol. The largest absolute Gasteiger partial charge is 0.480 e. The van der Waals surface area contributed by atoms with Gasteiger partial charge in [-0.15, -0.1) is 5.11 Å². The van der Waals surface area contributed by atoms with Crippen LogP contribution in [0.25, 0.3) is 10.9 Å². The Morgan fingerprint density at radius 2 is 1.92 bits per heavy atom. The van der Waals surface area contributed by atoms with E-state index in [-0.39, 0.29) is 6.17 Å². The smallest absolute Gasteiger partial charge is 0.321 e. The van der Waals surface area contributed by atoms with Gasteiger partial charge in [-0.05, 0) is 34.4 Å². The van der Waals surface area contributed by atoms with E-state index in [1.165, 1.54) is 0 Å². The van der Waals surface area contributed by atoms with E-state index in [9.17, 15) is 9.90 Å². The molecule has 0 fully saturated rings. The summed E-state index contributed by atoms with van der Waals surface area (Å²) >= 11 is 13.2. The summed E-state index contributed by atoms with van der Waals surface area (Å²) in [4.78, 5) is 18.2. The lowest BCUT2D eigenvalue weighted by atomic mass is 9.87. The molecule has 0 aliphatic carbocycles. The molecule has 3 aromatic carbocycles. The van der Waals surface area contributed by atoms with Crippen LogP contribution in [0.15, 0.2) is 77.1 Å². The molecule has 0 spiro atoms. The second-order valence-electron chi connectivity index (χ2n) is 8.96. The maximum Gasteiger partial charge on any atom is 0.321 e. The topological polar surface area (TPSA) is 105 Å². The molecule has 0 bridgehead atoms. The van der Waals surface area contributed by atoms with E-state index in [2.05, 4.69) is 26.3 Å². The van der Waals surface area contributed by atoms with Crippen LogP contribution >= 0.6 is 23.2 Å². The fourth-order valence-electron chi connectivity index (χ4n) is 5.25. The maximum atomic E-state index is 12.7. The van der Waals surface area contributed by atoms with E-state index in [1.54, 1.807) is 6.07 Å². The maximum absolute atomic E-state index is 12.7. The Bertz CT molecular complexity index is 1500. The van der Waals surface area contributed by atoms with Crippen LogP contribution in [0, 0.1) is 0 Å². The van der Waals surface area contributed by atoms with Crippen molar-refractivity contribution in [3.63, 3.8) is 0 Å². The first-order valence-electron chi connectivity index (χ1n) is 11.5. The number of aromatic nitrogens is 1. The lowest BCUT2D eigenvalue weighted by molar-refractivity contribution is -0.144. The number of carboxylic acid groups (broad SMARTS) is 1. The van der Waals surface area contributed by atoms with Crippen LogP contribution in [0.4, 0.5) is 0 Å². The molecule has 2 aliphatic heterocycles. The summed E-state index contributed by atoms with van der Waals surface area (Å²) in [6.45, 7) is 0.379. The molecule has 4 aromatic rings. The SMILES string of the molecule is O=C(O)[C@H]1Cc2c([nH]c3ccccc23)C(c2cccc(Cl)c2Cl)N1Cc1cccc(C2N=NNN2)c1. The van der Waals surface area contributed by atoms with Crippen LogP contribution in [0.3, 0.4) is 0 Å². The van der Waals surface area contributed by atoms with Crippen LogP contribution in [-0.4, -0.2) is 27.0 Å². The van der Waals surface area contributed by atoms with Crippen molar-refractivity contribution in [1.82, 2.24) is 20.8 Å². The highest BCUT2D eigenvalue weighted by atomic mass is 35.5. The highest BCUT2D eigenvalue weighted by Crippen LogP contribution is 2.44. The van der Waals surface area contributed by atoms with Gasteiger partial charge in [0.1, 0.15) is 6.04 Å². The van der Waals surface area contributed by atoms with Crippen LogP contribution in [0.1, 0.15) is 40.2 Å². The molecule has 3 atom stereocenters. The standard InChI is InChI=1S/C26H22Cl2N6O2/c27-19-9-4-8-17(22(19)28)24-23-18(16-7-1-2-10-20(16)29-23)12-21(26(35)36)34(24)13-14-5-3-6-15(11-14)25-30-32-33-31-25/h1-11,21,24-25,29H,12-13H2,(H,30,33)(H,31,32)(H,35,36)/t21-,24?/m1/s1. The van der Waals surface area contributed by atoms with Gasteiger partial charge in [-0.2, -0.15) is 5.43 Å². The Hall–Kier alpha value is -3.43. The summed E-state index contributed by atoms with van der Waals surface area (Å²) in [7, 11) is 0. The van der Waals surface area contributed by atoms with Crippen molar-refractivity contribution in [2.75, 3.05) is 0 Å². The van der Waals surface area contributed by atoms with Crippen molar-refractivity contribution in [1.29, 1.82) is 0 Å². The van der Waals surface area contributed by atoms with E-state index < -0.39 is 18.1 Å². The summed E-state index contributed by atoms with van der Waals surface area (Å²) in [5.74, 6) is -0.888. The molecule has 4 N–H and O–H groups in total. The van der Waals surface area contributed by atoms with Crippen LogP contribution in [0.5, 0.6) is 0 Å². The number of carboxylic acids is 1. The Morgan fingerprint density at radius 1 is 1.08 bits per heavy atom. The number of carbonyl (C=O) groups is 1. The number of nitrogens with one attached hydrogen (secondary N) is 3. The number of rotatable bonds is 5. The number of nitrogens with zero attached hydrogens (tertiary/aromatic N) is 3. The Morgan fingerprint density at radius 3 is 2.72 bits per heavy atom. The minimum atomic E-state index is -0.888. The molecule has 2 aliphatic rings. The number of para-hydroxylation sites is 1. The monoisotopic (exact) mass is 520 g/mol. The van der Waals surface area contributed by atoms with Crippen molar-refractivity contribution >= 4 is 40.1 Å². The minimum absolute atomic E-state index is 0.306. The predicted molar refractivity (Wildman–Crippen MR) is 138 cm³/mol. The van der Waals surface area contributed by atoms with E-state index >= 15 is 0 Å². The van der Waals surface area contributed by atoms with Crippen molar-refractivity contribution in [2.24, 2.45) is 10.3 Å². The number of aliphatic carboxylic acids is 1. The molecule has 0 saturated carbocycles. The number of benzene rings is 3. The molecule has 182 valence electrons. The summed E-state index contributed by atoms with van der Waals surface area (Å²) in [5.41, 5.74) is 11.1. The quantitative estimate of drug-likeness (QED) is 0.276. The number of hydrogen-bond donors (Lipinski definition) is 4. The first kappa shape index (κ1) is 23.0. The van der Waals surface area contributed by atoms with Gasteiger partial charge in [0.05, 0.1) is 16.1 Å². The van der Waals surface area contributed by atoms with Crippen molar-refractivity contribution in [3.05, 3.63) is 105 Å². The normalized spacial score (nSPS) is 21.4. The van der Waals surface area contributed by atoms with Gasteiger partial charge in [0.2, 0.25) is 0 Å². The fourth-order valence-corrected chi connectivity index (χ4v) is 5.67. The average Bonchev–Trinajstić information content (AvgIpc) is 3.54. The number of hydrogen-bond acceptors (Lipinski definition) is 6. The van der Waals surface area contributed by atoms with Gasteiger partial charge in [0.25, 0.3) is 0 Å². The molecule has 0 amide bonds. The molecule has 6 rings (SSSR count). The zero-order valence-electron chi connectivity index (χ0n) is 19.0. The lowest BCUT2D eigenvalue weighted by Crippen LogP contribution is -2.48. The third kappa shape index (κ3) is 3.92. The molecule has 2 unspecified atom stereocenters. The molecule has 0 saturated heterocycles. The van der Waals surface area contributed by atoms with Crippen molar-refractivity contribution < 1.29 is 9.90 Å². The highest BCUT2D eigenvalue weighted by Gasteiger charge is 2.42. The molecule has 1 aromatic heterocycles. The van der Waals surface area contributed by atoms with E-state index in [0.717, 1.165) is 38.9 Å². The zero-order valence-corrected chi connectivity index (χ0v) is 20.5. The molecule has 36 heavy (non-hydrogen) atoms. The number of H-pyrrole nitrogens is 1. The van der Waals surface area contributed by atoms with Crippen molar-refractivity contribution in [3.8, 4) is 0 Å². The summed E-state index contributed by atoms with van der Waals surface area (Å²) < 4.78 is 0. The van der Waals surface area contributed by atoms with Gasteiger partial charge in [-0.3, -0.25) is 9.69 Å². The van der Waals surface area contributed by atoms with E-state index in [1.807, 2.05) is 65.6 Å². The first-order chi connectivity index (χ1) is 17.5. The molecule has 8 nitrogen and oxygen atoms in total. The predicted octanol–water partition coefficient (Wildman–Crippen LogP) is 5.55. The van der Waals surface area contributed by atoms with Gasteiger partial charge in [0, 0.05) is 29.6 Å². The number of fused-ring (bicyclic) bond motifs is 3. The lowest BCUT2D eigenvalue weighted by Gasteiger charge is -2.41. The van der Waals surface area contributed by atoms with E-state index in [4.69, 9.17) is 23.2 Å². The third-order valence-electron chi connectivity index (χ3n) is 6.87. The summed E-state index contributed by atoms with van der Waals surface area (Å²) in [6.07, 6.45) is 0.0609. The minimum Gasteiger partial charge on any atom is -0.480 e. The van der Waals surface area contributed by atoms with Gasteiger partial charge < -0.3 is 10.1 Å². The molecular formula is C26H22Cl2N6O2. The fraction of sp³-hybridized carbons (Fsp3) is 0.192. The van der Waals surface area contributed by atoms with Gasteiger partial charge in [-0.25, -0.2) is 5.53 Å². The van der Waals surface area contributed by atoms with Gasteiger partial charge >= 0.3 is 5.97 Å². The molecule has 10 heteroatoms. The van der Waals surface area contributed by atoms with E-state index in [0.29, 0.717) is 23.0 Å². The van der Waals surface area contributed by atoms with Crippen LogP contribution in [0.2, 0.25) is 10.0 Å². The first-order valence-corrected chi connectivity index (χ1v) is 12.3. The molecule has 0 radical (unpaired) electrons. The number of aromatic amines is 1. The number of hydrazine groups is 1. The highest BCUT2D eigenvalue weighted by molar-refractivity contribution is 6.42. The van der Waals surface area contributed by atoms with Crippen LogP contribution in [-0.2, 0) is 17.8 Å². The Labute approximate surface area is 216 Å². The van der Waals surface area contributed by atoms with Crippen LogP contribution < -0.4 is 11.0 Å². The van der Waals surface area contributed by atoms with Crippen molar-refractivity contribution in [2.45, 2.75) is 31.2 Å². The second kappa shape index (κ2) is 9.22. The molecule has 3 heterocycles. The van der Waals surface area contributed by atoms with Gasteiger partial charge in [-0.1, -0.05) is 83.0 Å². The average molecular weight is 521 g/mol. The summed E-state index contributed by atoms with van der Waals surface area (Å²) in [6, 6.07) is 20.1. The Kier molecular flexibility index (Phi) is 5.89. The third-order valence-corrected chi connectivity index (χ3v) is 7.70. The Balaban J connectivity index is 1.51. The van der Waals surface area contributed by atoms with Gasteiger partial charge in [0.15, 0.2) is 6.17 Å². The number of halogens is 2. The second-order valence-corrected chi connectivity index (χ2v) is 9.74.